The molecule has 2 fully saturated rings. The van der Waals surface area contributed by atoms with Gasteiger partial charge in [0.2, 0.25) is 5.91 Å². The first-order chi connectivity index (χ1) is 14.3. The van der Waals surface area contributed by atoms with E-state index in [4.69, 9.17) is 0 Å². The van der Waals surface area contributed by atoms with Gasteiger partial charge in [-0.25, -0.2) is 4.39 Å². The lowest BCUT2D eigenvalue weighted by Gasteiger charge is -2.39. The van der Waals surface area contributed by atoms with Crippen LogP contribution in [0.2, 0.25) is 0 Å². The van der Waals surface area contributed by atoms with Crippen molar-refractivity contribution in [3.05, 3.63) is 53.8 Å². The Balaban J connectivity index is 1.45. The Morgan fingerprint density at radius 2 is 2.03 bits per heavy atom. The second-order valence-corrected chi connectivity index (χ2v) is 8.82. The van der Waals surface area contributed by atoms with E-state index in [1.807, 2.05) is 13.0 Å². The van der Waals surface area contributed by atoms with Crippen molar-refractivity contribution in [2.45, 2.75) is 63.8 Å². The van der Waals surface area contributed by atoms with Crippen molar-refractivity contribution in [2.24, 2.45) is 5.92 Å². The highest BCUT2D eigenvalue weighted by atomic mass is 19.1. The Hall–Kier alpha value is -2.18. The summed E-state index contributed by atoms with van der Waals surface area (Å²) < 4.78 is 12.9. The molecule has 0 bridgehead atoms. The fourth-order valence-electron chi connectivity index (χ4n) is 4.56. The Morgan fingerprint density at radius 1 is 1.30 bits per heavy atom. The summed E-state index contributed by atoms with van der Waals surface area (Å²) in [5, 5.41) is 20.5. The van der Waals surface area contributed by atoms with E-state index in [0.717, 1.165) is 43.4 Å². The quantitative estimate of drug-likeness (QED) is 0.512. The molecule has 1 aromatic carbocycles. The second-order valence-electron chi connectivity index (χ2n) is 8.82. The number of benzene rings is 1. The molecule has 1 aliphatic carbocycles. The van der Waals surface area contributed by atoms with Crippen molar-refractivity contribution < 1.29 is 14.3 Å². The van der Waals surface area contributed by atoms with Crippen molar-refractivity contribution in [2.75, 3.05) is 18.4 Å². The molecule has 1 aromatic rings. The molecule has 1 saturated heterocycles. The average molecular weight is 416 g/mol. The average Bonchev–Trinajstić information content (AvgIpc) is 2.71. The van der Waals surface area contributed by atoms with Crippen LogP contribution in [-0.4, -0.2) is 35.7 Å². The van der Waals surface area contributed by atoms with Gasteiger partial charge in [0, 0.05) is 30.4 Å². The highest BCUT2D eigenvalue weighted by molar-refractivity contribution is 5.91. The third kappa shape index (κ3) is 5.49. The van der Waals surface area contributed by atoms with E-state index in [9.17, 15) is 14.3 Å². The Morgan fingerprint density at radius 3 is 2.70 bits per heavy atom. The normalized spacial score (nSPS) is 26.8. The minimum Gasteiger partial charge on any atom is -0.383 e. The number of hydrogen-bond donors (Lipinski definition) is 4. The fraction of sp³-hybridized carbons (Fsp3) is 0.542. The Bertz CT molecular complexity index is 802. The largest absolute Gasteiger partial charge is 0.383 e. The van der Waals surface area contributed by atoms with Crippen LogP contribution in [0.4, 0.5) is 10.1 Å². The second kappa shape index (κ2) is 9.75. The summed E-state index contributed by atoms with van der Waals surface area (Å²) in [7, 11) is 0. The minimum absolute atomic E-state index is 0.0217. The first-order valence-corrected chi connectivity index (χ1v) is 10.8. The summed E-state index contributed by atoms with van der Waals surface area (Å²) in [4.78, 5) is 12.5. The number of carbonyl (C=O) groups excluding carboxylic acids is 1. The molecule has 1 saturated carbocycles. The van der Waals surface area contributed by atoms with E-state index in [1.54, 1.807) is 12.1 Å². The molecule has 2 aliphatic rings. The number of hydrogen-bond acceptors (Lipinski definition) is 4. The van der Waals surface area contributed by atoms with E-state index in [-0.39, 0.29) is 11.9 Å². The van der Waals surface area contributed by atoms with Gasteiger partial charge in [-0.1, -0.05) is 19.2 Å². The molecule has 164 valence electrons. The van der Waals surface area contributed by atoms with Gasteiger partial charge in [-0.15, -0.1) is 0 Å². The molecule has 0 radical (unpaired) electrons. The van der Waals surface area contributed by atoms with Gasteiger partial charge in [-0.2, -0.15) is 0 Å². The lowest BCUT2D eigenvalue weighted by atomic mass is 9.82. The van der Waals surface area contributed by atoms with E-state index in [1.165, 1.54) is 0 Å². The number of carbonyl (C=O) groups is 1. The van der Waals surface area contributed by atoms with Gasteiger partial charge in [-0.3, -0.25) is 4.79 Å². The van der Waals surface area contributed by atoms with E-state index in [2.05, 4.69) is 29.1 Å². The highest BCUT2D eigenvalue weighted by Crippen LogP contribution is 2.32. The van der Waals surface area contributed by atoms with Gasteiger partial charge in [0.1, 0.15) is 12.3 Å². The molecular formula is C24H34FN3O2. The summed E-state index contributed by atoms with van der Waals surface area (Å²) >= 11 is 0. The molecule has 1 aliphatic heterocycles. The van der Waals surface area contributed by atoms with E-state index in [0.29, 0.717) is 42.3 Å². The SMILES string of the molecule is C=C1CNCCC1(O)C(=C)NC1CCC(CC(=O)Nc2cc(C)cc(CF)c2)CC1. The molecule has 3 rings (SSSR count). The van der Waals surface area contributed by atoms with Gasteiger partial charge >= 0.3 is 0 Å². The van der Waals surface area contributed by atoms with Crippen LogP contribution in [0.5, 0.6) is 0 Å². The summed E-state index contributed by atoms with van der Waals surface area (Å²) in [6, 6.07) is 5.60. The van der Waals surface area contributed by atoms with Crippen molar-refractivity contribution in [3.63, 3.8) is 0 Å². The number of alkyl halides is 1. The molecule has 1 amide bonds. The van der Waals surface area contributed by atoms with Crippen LogP contribution in [0.15, 0.2) is 42.6 Å². The number of amides is 1. The van der Waals surface area contributed by atoms with Crippen LogP contribution in [-0.2, 0) is 11.5 Å². The van der Waals surface area contributed by atoms with Gasteiger partial charge in [-0.05, 0) is 80.3 Å². The van der Waals surface area contributed by atoms with Gasteiger partial charge in [0.15, 0.2) is 0 Å². The number of aliphatic hydroxyl groups is 1. The van der Waals surface area contributed by atoms with Crippen molar-refractivity contribution >= 4 is 11.6 Å². The third-order valence-electron chi connectivity index (χ3n) is 6.36. The number of halogens is 1. The van der Waals surface area contributed by atoms with Crippen LogP contribution in [0.1, 0.15) is 49.7 Å². The minimum atomic E-state index is -1.05. The Labute approximate surface area is 178 Å². The fourth-order valence-corrected chi connectivity index (χ4v) is 4.56. The predicted molar refractivity (Wildman–Crippen MR) is 119 cm³/mol. The Kier molecular flexibility index (Phi) is 7.32. The van der Waals surface area contributed by atoms with Gasteiger partial charge in [0.05, 0.1) is 0 Å². The molecule has 4 N–H and O–H groups in total. The number of nitrogens with one attached hydrogen (secondary N) is 3. The maximum Gasteiger partial charge on any atom is 0.224 e. The molecule has 1 atom stereocenters. The molecule has 1 heterocycles. The monoisotopic (exact) mass is 415 g/mol. The van der Waals surface area contributed by atoms with Crippen molar-refractivity contribution in [1.29, 1.82) is 0 Å². The number of aryl methyl sites for hydroxylation is 1. The highest BCUT2D eigenvalue weighted by Gasteiger charge is 2.37. The number of anilines is 1. The third-order valence-corrected chi connectivity index (χ3v) is 6.36. The predicted octanol–water partition coefficient (Wildman–Crippen LogP) is 3.74. The summed E-state index contributed by atoms with van der Waals surface area (Å²) in [5.74, 6) is 0.310. The maximum atomic E-state index is 12.9. The maximum absolute atomic E-state index is 12.9. The van der Waals surface area contributed by atoms with Gasteiger partial charge in [0.25, 0.3) is 0 Å². The molecular weight excluding hydrogens is 381 g/mol. The smallest absolute Gasteiger partial charge is 0.224 e. The lowest BCUT2D eigenvalue weighted by molar-refractivity contribution is -0.117. The molecule has 1 unspecified atom stereocenters. The van der Waals surface area contributed by atoms with E-state index < -0.39 is 12.3 Å². The zero-order valence-corrected chi connectivity index (χ0v) is 17.9. The van der Waals surface area contributed by atoms with Crippen molar-refractivity contribution in [3.8, 4) is 0 Å². The lowest BCUT2D eigenvalue weighted by Crippen LogP contribution is -2.50. The zero-order valence-electron chi connectivity index (χ0n) is 17.9. The molecule has 30 heavy (non-hydrogen) atoms. The van der Waals surface area contributed by atoms with Crippen LogP contribution in [0.25, 0.3) is 0 Å². The molecule has 6 heteroatoms. The number of rotatable bonds is 7. The summed E-state index contributed by atoms with van der Waals surface area (Å²) in [6.45, 7) is 10.8. The first-order valence-electron chi connectivity index (χ1n) is 10.8. The summed E-state index contributed by atoms with van der Waals surface area (Å²) in [5.41, 5.74) is 2.52. The van der Waals surface area contributed by atoms with Crippen LogP contribution in [0.3, 0.4) is 0 Å². The van der Waals surface area contributed by atoms with Crippen LogP contribution >= 0.6 is 0 Å². The first kappa shape index (κ1) is 22.5. The van der Waals surface area contributed by atoms with Crippen LogP contribution < -0.4 is 16.0 Å². The topological polar surface area (TPSA) is 73.4 Å². The van der Waals surface area contributed by atoms with Gasteiger partial charge < -0.3 is 21.1 Å². The van der Waals surface area contributed by atoms with E-state index >= 15 is 0 Å². The standard InChI is InChI=1S/C24H34FN3O2/c1-16-10-20(14-25)12-22(11-16)28-23(29)13-19-4-6-21(7-5-19)27-18(3)24(30)8-9-26-15-17(24)2/h10-12,19,21,26-27,30H,2-9,13-15H2,1H3,(H,28,29). The molecule has 0 spiro atoms. The molecule has 5 nitrogen and oxygen atoms in total. The van der Waals surface area contributed by atoms with Crippen LogP contribution in [0, 0.1) is 12.8 Å². The number of piperidine rings is 1. The van der Waals surface area contributed by atoms with Crippen molar-refractivity contribution in [1.82, 2.24) is 10.6 Å². The zero-order chi connectivity index (χ0) is 21.7. The molecule has 0 aromatic heterocycles. The summed E-state index contributed by atoms with van der Waals surface area (Å²) in [6.07, 6.45) is 4.82.